The standard InChI is InChI=1S/C17H18F2N2O3S/c1-23-13-8-10(6-7-12(13)24-16(18)19)9-14-15(22)21-17(25-14)20-11-4-2-3-5-11/h6-9,11,16H,2-5H2,1H3,(H,20,21,22). The zero-order valence-corrected chi connectivity index (χ0v) is 14.4. The van der Waals surface area contributed by atoms with Crippen molar-refractivity contribution >= 4 is 28.9 Å². The van der Waals surface area contributed by atoms with Gasteiger partial charge in [-0.25, -0.2) is 0 Å². The number of carbonyl (C=O) groups is 1. The van der Waals surface area contributed by atoms with Crippen molar-refractivity contribution in [3.8, 4) is 11.5 Å². The van der Waals surface area contributed by atoms with Crippen LogP contribution in [0.1, 0.15) is 31.2 Å². The van der Waals surface area contributed by atoms with Gasteiger partial charge in [-0.1, -0.05) is 18.9 Å². The number of nitrogens with one attached hydrogen (secondary N) is 1. The van der Waals surface area contributed by atoms with Crippen molar-refractivity contribution in [3.63, 3.8) is 0 Å². The van der Waals surface area contributed by atoms with Crippen molar-refractivity contribution in [2.24, 2.45) is 4.99 Å². The van der Waals surface area contributed by atoms with Crippen LogP contribution in [0.25, 0.3) is 6.08 Å². The minimum absolute atomic E-state index is 0.0494. The molecule has 1 saturated heterocycles. The Balaban J connectivity index is 1.77. The van der Waals surface area contributed by atoms with Gasteiger partial charge in [0, 0.05) is 0 Å². The topological polar surface area (TPSA) is 59.9 Å². The van der Waals surface area contributed by atoms with Gasteiger partial charge in [0.05, 0.1) is 18.1 Å². The van der Waals surface area contributed by atoms with Crippen molar-refractivity contribution in [2.75, 3.05) is 7.11 Å². The Hall–Kier alpha value is -2.09. The molecular formula is C17H18F2N2O3S. The number of thioether (sulfide) groups is 1. The zero-order valence-electron chi connectivity index (χ0n) is 13.6. The van der Waals surface area contributed by atoms with Gasteiger partial charge in [0.1, 0.15) is 0 Å². The highest BCUT2D eigenvalue weighted by Crippen LogP contribution is 2.33. The van der Waals surface area contributed by atoms with E-state index in [1.54, 1.807) is 18.2 Å². The summed E-state index contributed by atoms with van der Waals surface area (Å²) in [5.41, 5.74) is 0.651. The minimum atomic E-state index is -2.93. The smallest absolute Gasteiger partial charge is 0.387 e. The van der Waals surface area contributed by atoms with E-state index < -0.39 is 6.61 Å². The van der Waals surface area contributed by atoms with Crippen LogP contribution in [-0.2, 0) is 4.79 Å². The molecule has 8 heteroatoms. The molecule has 1 amide bonds. The Morgan fingerprint density at radius 3 is 2.76 bits per heavy atom. The van der Waals surface area contributed by atoms with Gasteiger partial charge in [-0.15, -0.1) is 0 Å². The van der Waals surface area contributed by atoms with E-state index >= 15 is 0 Å². The number of hydrogen-bond donors (Lipinski definition) is 1. The lowest BCUT2D eigenvalue weighted by Crippen LogP contribution is -2.21. The molecule has 0 bridgehead atoms. The zero-order chi connectivity index (χ0) is 17.8. The monoisotopic (exact) mass is 368 g/mol. The molecule has 1 aromatic rings. The van der Waals surface area contributed by atoms with E-state index in [2.05, 4.69) is 15.0 Å². The summed E-state index contributed by atoms with van der Waals surface area (Å²) in [6.07, 6.45) is 6.14. The first-order valence-corrected chi connectivity index (χ1v) is 8.78. The quantitative estimate of drug-likeness (QED) is 0.803. The molecule has 25 heavy (non-hydrogen) atoms. The van der Waals surface area contributed by atoms with Crippen LogP contribution in [0, 0.1) is 0 Å². The number of amidine groups is 1. The first kappa shape index (κ1) is 17.7. The predicted molar refractivity (Wildman–Crippen MR) is 93.0 cm³/mol. The van der Waals surface area contributed by atoms with Crippen LogP contribution in [0.5, 0.6) is 11.5 Å². The largest absolute Gasteiger partial charge is 0.493 e. The summed E-state index contributed by atoms with van der Waals surface area (Å²) in [5.74, 6) is -0.0850. The Bertz CT molecular complexity index is 716. The molecule has 5 nitrogen and oxygen atoms in total. The Morgan fingerprint density at radius 2 is 2.08 bits per heavy atom. The molecule has 0 aromatic heterocycles. The fraction of sp³-hybridized carbons (Fsp3) is 0.412. The SMILES string of the molecule is COc1cc(C=C2SC(=NC3CCCC3)NC2=O)ccc1OC(F)F. The molecule has 1 saturated carbocycles. The molecular weight excluding hydrogens is 350 g/mol. The summed E-state index contributed by atoms with van der Waals surface area (Å²) in [7, 11) is 1.37. The highest BCUT2D eigenvalue weighted by molar-refractivity contribution is 8.18. The lowest BCUT2D eigenvalue weighted by atomic mass is 10.2. The Kier molecular flexibility index (Phi) is 5.57. The van der Waals surface area contributed by atoms with Gasteiger partial charge < -0.3 is 14.8 Å². The van der Waals surface area contributed by atoms with Crippen LogP contribution in [0.3, 0.4) is 0 Å². The molecule has 1 heterocycles. The molecule has 1 N–H and O–H groups in total. The summed E-state index contributed by atoms with van der Waals surface area (Å²) < 4.78 is 34.2. The summed E-state index contributed by atoms with van der Waals surface area (Å²) >= 11 is 1.29. The number of halogens is 2. The normalized spacial score (nSPS) is 21.4. The van der Waals surface area contributed by atoms with Crippen molar-refractivity contribution in [2.45, 2.75) is 38.3 Å². The van der Waals surface area contributed by atoms with Gasteiger partial charge in [0.25, 0.3) is 5.91 Å². The first-order valence-electron chi connectivity index (χ1n) is 7.96. The fourth-order valence-electron chi connectivity index (χ4n) is 2.81. The molecule has 134 valence electrons. The average molecular weight is 368 g/mol. The number of amides is 1. The summed E-state index contributed by atoms with van der Waals surface area (Å²) in [5, 5.41) is 3.39. The van der Waals surface area contributed by atoms with Crippen molar-refractivity contribution in [1.82, 2.24) is 5.32 Å². The molecule has 1 aliphatic heterocycles. The minimum Gasteiger partial charge on any atom is -0.493 e. The molecule has 2 aliphatic rings. The van der Waals surface area contributed by atoms with Crippen LogP contribution in [0.2, 0.25) is 0 Å². The highest BCUT2D eigenvalue weighted by Gasteiger charge is 2.25. The molecule has 3 rings (SSSR count). The number of hydrogen-bond acceptors (Lipinski definition) is 5. The van der Waals surface area contributed by atoms with Gasteiger partial charge in [-0.05, 0) is 48.4 Å². The number of rotatable bonds is 5. The van der Waals surface area contributed by atoms with Crippen LogP contribution in [0.4, 0.5) is 8.78 Å². The van der Waals surface area contributed by atoms with E-state index in [1.807, 2.05) is 0 Å². The number of alkyl halides is 2. The van der Waals surface area contributed by atoms with E-state index in [0.29, 0.717) is 15.6 Å². The van der Waals surface area contributed by atoms with Crippen molar-refractivity contribution in [1.29, 1.82) is 0 Å². The Labute approximate surface area is 148 Å². The number of aliphatic imine (C=N–C) groups is 1. The predicted octanol–water partition coefficient (Wildman–Crippen LogP) is 3.80. The summed E-state index contributed by atoms with van der Waals surface area (Å²) in [4.78, 5) is 17.2. The van der Waals surface area contributed by atoms with Gasteiger partial charge in [0.15, 0.2) is 16.7 Å². The summed E-state index contributed by atoms with van der Waals surface area (Å²) in [6.45, 7) is -2.93. The van der Waals surface area contributed by atoms with Gasteiger partial charge >= 0.3 is 6.61 Å². The lowest BCUT2D eigenvalue weighted by Gasteiger charge is -2.10. The second-order valence-electron chi connectivity index (χ2n) is 5.73. The van der Waals surface area contributed by atoms with Crippen LogP contribution in [-0.4, -0.2) is 30.8 Å². The highest BCUT2D eigenvalue weighted by atomic mass is 32.2. The summed E-state index contributed by atoms with van der Waals surface area (Å²) in [6, 6.07) is 4.81. The van der Waals surface area contributed by atoms with E-state index in [0.717, 1.165) is 12.8 Å². The van der Waals surface area contributed by atoms with Gasteiger partial charge in [-0.3, -0.25) is 9.79 Å². The number of carbonyl (C=O) groups excluding carboxylic acids is 1. The molecule has 0 radical (unpaired) electrons. The maximum Gasteiger partial charge on any atom is 0.387 e. The second-order valence-corrected chi connectivity index (χ2v) is 6.76. The fourth-order valence-corrected chi connectivity index (χ4v) is 3.70. The van der Waals surface area contributed by atoms with Crippen LogP contribution >= 0.6 is 11.8 Å². The van der Waals surface area contributed by atoms with Gasteiger partial charge in [0.2, 0.25) is 0 Å². The number of methoxy groups -OCH3 is 1. The Morgan fingerprint density at radius 1 is 1.32 bits per heavy atom. The third-order valence-corrected chi connectivity index (χ3v) is 4.90. The average Bonchev–Trinajstić information content (AvgIpc) is 3.19. The van der Waals surface area contributed by atoms with Crippen LogP contribution in [0.15, 0.2) is 28.1 Å². The van der Waals surface area contributed by atoms with Crippen molar-refractivity contribution < 1.29 is 23.0 Å². The molecule has 2 fully saturated rings. The number of benzene rings is 1. The maximum absolute atomic E-state index is 12.4. The number of ether oxygens (including phenoxy) is 2. The second kappa shape index (κ2) is 7.86. The molecule has 1 aliphatic carbocycles. The molecule has 0 unspecified atom stereocenters. The lowest BCUT2D eigenvalue weighted by molar-refractivity contribution is -0.115. The third-order valence-electron chi connectivity index (χ3n) is 3.98. The van der Waals surface area contributed by atoms with E-state index in [4.69, 9.17) is 4.74 Å². The third kappa shape index (κ3) is 4.50. The first-order chi connectivity index (χ1) is 12.0. The van der Waals surface area contributed by atoms with E-state index in [-0.39, 0.29) is 23.4 Å². The van der Waals surface area contributed by atoms with Gasteiger partial charge in [-0.2, -0.15) is 8.78 Å². The van der Waals surface area contributed by atoms with Crippen LogP contribution < -0.4 is 14.8 Å². The van der Waals surface area contributed by atoms with E-state index in [1.165, 1.54) is 37.8 Å². The maximum atomic E-state index is 12.4. The van der Waals surface area contributed by atoms with E-state index in [9.17, 15) is 13.6 Å². The molecule has 1 aromatic carbocycles. The van der Waals surface area contributed by atoms with Crippen molar-refractivity contribution in [3.05, 3.63) is 28.7 Å². The number of nitrogens with zero attached hydrogens (tertiary/aromatic N) is 1. The molecule has 0 spiro atoms. The molecule has 0 atom stereocenters.